The van der Waals surface area contributed by atoms with Crippen molar-refractivity contribution in [1.29, 1.82) is 0 Å². The van der Waals surface area contributed by atoms with E-state index in [1.807, 2.05) is 0 Å². The molecule has 0 heterocycles. The zero-order valence-corrected chi connectivity index (χ0v) is 12.2. The van der Waals surface area contributed by atoms with E-state index < -0.39 is 6.04 Å². The van der Waals surface area contributed by atoms with E-state index in [1.54, 1.807) is 6.07 Å². The van der Waals surface area contributed by atoms with Crippen molar-refractivity contribution >= 4 is 27.5 Å². The van der Waals surface area contributed by atoms with Gasteiger partial charge in [-0.25, -0.2) is 8.78 Å². The zero-order chi connectivity index (χ0) is 14.0. The maximum atomic E-state index is 13.2. The third-order valence-corrected chi connectivity index (χ3v) is 3.87. The molecule has 0 aliphatic heterocycles. The molecule has 19 heavy (non-hydrogen) atoms. The van der Waals surface area contributed by atoms with Crippen LogP contribution in [0.1, 0.15) is 17.2 Å². The lowest BCUT2D eigenvalue weighted by Gasteiger charge is -2.15. The van der Waals surface area contributed by atoms with Crippen molar-refractivity contribution in [3.05, 3.63) is 68.7 Å². The molecule has 2 N–H and O–H groups in total. The molecule has 2 rings (SSSR count). The zero-order valence-electron chi connectivity index (χ0n) is 9.84. The molecule has 0 spiro atoms. The van der Waals surface area contributed by atoms with E-state index in [4.69, 9.17) is 17.3 Å². The maximum absolute atomic E-state index is 13.2. The summed E-state index contributed by atoms with van der Waals surface area (Å²) < 4.78 is 26.8. The van der Waals surface area contributed by atoms with Crippen LogP contribution < -0.4 is 5.73 Å². The number of rotatable bonds is 3. The summed E-state index contributed by atoms with van der Waals surface area (Å²) >= 11 is 9.27. The third kappa shape index (κ3) is 3.53. The van der Waals surface area contributed by atoms with Gasteiger partial charge in [0, 0.05) is 15.5 Å². The summed E-state index contributed by atoms with van der Waals surface area (Å²) in [6.07, 6.45) is 0.376. The Labute approximate surface area is 123 Å². The molecule has 1 nitrogen and oxygen atoms in total. The fraction of sp³-hybridized carbons (Fsp3) is 0.143. The highest BCUT2D eigenvalue weighted by Crippen LogP contribution is 2.27. The fourth-order valence-electron chi connectivity index (χ4n) is 1.85. The molecule has 0 saturated carbocycles. The van der Waals surface area contributed by atoms with Crippen LogP contribution in [0, 0.1) is 11.6 Å². The average Bonchev–Trinajstić information content (AvgIpc) is 2.33. The number of benzene rings is 2. The Morgan fingerprint density at radius 3 is 2.42 bits per heavy atom. The second-order valence-electron chi connectivity index (χ2n) is 4.21. The Morgan fingerprint density at radius 2 is 1.74 bits per heavy atom. The highest BCUT2D eigenvalue weighted by atomic mass is 79.9. The summed E-state index contributed by atoms with van der Waals surface area (Å²) in [5.41, 5.74) is 7.44. The minimum Gasteiger partial charge on any atom is -0.324 e. The standard InChI is InChI=1S/C14H11BrClF2N/c15-12-7-10(18)1-3-11(12)14(19)6-8-5-9(17)2-4-13(8)16/h1-5,7,14H,6,19H2. The summed E-state index contributed by atoms with van der Waals surface area (Å²) in [6.45, 7) is 0. The summed E-state index contributed by atoms with van der Waals surface area (Å²) in [5.74, 6) is -0.698. The monoisotopic (exact) mass is 345 g/mol. The Balaban J connectivity index is 2.25. The molecule has 0 fully saturated rings. The van der Waals surface area contributed by atoms with Gasteiger partial charge in [-0.2, -0.15) is 0 Å². The van der Waals surface area contributed by atoms with Crippen molar-refractivity contribution in [1.82, 2.24) is 0 Å². The second-order valence-corrected chi connectivity index (χ2v) is 5.47. The Bertz CT molecular complexity index is 604. The minimum atomic E-state index is -0.394. The highest BCUT2D eigenvalue weighted by Gasteiger charge is 2.13. The number of hydrogen-bond acceptors (Lipinski definition) is 1. The van der Waals surface area contributed by atoms with Crippen molar-refractivity contribution in [3.63, 3.8) is 0 Å². The molecule has 0 amide bonds. The van der Waals surface area contributed by atoms with Crippen LogP contribution in [0.2, 0.25) is 5.02 Å². The van der Waals surface area contributed by atoms with Crippen LogP contribution in [-0.4, -0.2) is 0 Å². The van der Waals surface area contributed by atoms with Gasteiger partial charge in [0.1, 0.15) is 11.6 Å². The van der Waals surface area contributed by atoms with E-state index in [0.717, 1.165) is 5.56 Å². The fourth-order valence-corrected chi connectivity index (χ4v) is 2.69. The van der Waals surface area contributed by atoms with Crippen LogP contribution in [-0.2, 0) is 6.42 Å². The van der Waals surface area contributed by atoms with Crippen LogP contribution in [0.15, 0.2) is 40.9 Å². The molecule has 2 aromatic carbocycles. The van der Waals surface area contributed by atoms with Gasteiger partial charge in [-0.1, -0.05) is 33.6 Å². The van der Waals surface area contributed by atoms with Gasteiger partial charge in [-0.15, -0.1) is 0 Å². The van der Waals surface area contributed by atoms with E-state index in [0.29, 0.717) is 21.5 Å². The van der Waals surface area contributed by atoms with E-state index in [-0.39, 0.29) is 11.6 Å². The van der Waals surface area contributed by atoms with Gasteiger partial charge < -0.3 is 5.73 Å². The summed E-state index contributed by atoms with van der Waals surface area (Å²) in [6, 6.07) is 8.06. The van der Waals surface area contributed by atoms with Crippen molar-refractivity contribution in [3.8, 4) is 0 Å². The largest absolute Gasteiger partial charge is 0.324 e. The number of nitrogens with two attached hydrogens (primary N) is 1. The molecule has 0 aliphatic carbocycles. The molecule has 2 aromatic rings. The predicted octanol–water partition coefficient (Wildman–Crippen LogP) is 4.62. The topological polar surface area (TPSA) is 26.0 Å². The van der Waals surface area contributed by atoms with Crippen molar-refractivity contribution in [2.45, 2.75) is 12.5 Å². The van der Waals surface area contributed by atoms with Crippen LogP contribution in [0.3, 0.4) is 0 Å². The second kappa shape index (κ2) is 5.99. The molecule has 0 saturated heterocycles. The summed E-state index contributed by atoms with van der Waals surface area (Å²) in [7, 11) is 0. The van der Waals surface area contributed by atoms with E-state index in [2.05, 4.69) is 15.9 Å². The molecule has 5 heteroatoms. The predicted molar refractivity (Wildman–Crippen MR) is 76.1 cm³/mol. The lowest BCUT2D eigenvalue weighted by molar-refractivity contribution is 0.618. The van der Waals surface area contributed by atoms with Crippen LogP contribution in [0.4, 0.5) is 8.78 Å². The van der Waals surface area contributed by atoms with E-state index >= 15 is 0 Å². The molecule has 0 aliphatic rings. The van der Waals surface area contributed by atoms with Crippen molar-refractivity contribution in [2.75, 3.05) is 0 Å². The first-order chi connectivity index (χ1) is 8.97. The lowest BCUT2D eigenvalue weighted by atomic mass is 9.99. The van der Waals surface area contributed by atoms with Gasteiger partial charge in [-0.3, -0.25) is 0 Å². The van der Waals surface area contributed by atoms with Gasteiger partial charge in [0.05, 0.1) is 0 Å². The number of hydrogen-bond donors (Lipinski definition) is 1. The SMILES string of the molecule is NC(Cc1cc(F)ccc1Cl)c1ccc(F)cc1Br. The maximum Gasteiger partial charge on any atom is 0.124 e. The normalized spacial score (nSPS) is 12.5. The summed E-state index contributed by atoms with van der Waals surface area (Å²) in [4.78, 5) is 0. The average molecular weight is 347 g/mol. The molecule has 1 atom stereocenters. The quantitative estimate of drug-likeness (QED) is 0.862. The smallest absolute Gasteiger partial charge is 0.124 e. The molecule has 0 radical (unpaired) electrons. The van der Waals surface area contributed by atoms with Crippen LogP contribution >= 0.6 is 27.5 Å². The molecular weight excluding hydrogens is 336 g/mol. The molecule has 0 bridgehead atoms. The number of halogens is 4. The molecule has 1 unspecified atom stereocenters. The first-order valence-corrected chi connectivity index (χ1v) is 6.79. The molecule has 100 valence electrons. The van der Waals surface area contributed by atoms with Gasteiger partial charge in [0.15, 0.2) is 0 Å². The van der Waals surface area contributed by atoms with Gasteiger partial charge in [0.2, 0.25) is 0 Å². The van der Waals surface area contributed by atoms with E-state index in [9.17, 15) is 8.78 Å². The van der Waals surface area contributed by atoms with Crippen molar-refractivity contribution in [2.24, 2.45) is 5.73 Å². The summed E-state index contributed by atoms with van der Waals surface area (Å²) in [5, 5.41) is 0.468. The molecule has 0 aromatic heterocycles. The van der Waals surface area contributed by atoms with Crippen molar-refractivity contribution < 1.29 is 8.78 Å². The third-order valence-electron chi connectivity index (χ3n) is 2.81. The van der Waals surface area contributed by atoms with Gasteiger partial charge in [0.25, 0.3) is 0 Å². The van der Waals surface area contributed by atoms with Gasteiger partial charge >= 0.3 is 0 Å². The highest BCUT2D eigenvalue weighted by molar-refractivity contribution is 9.10. The Morgan fingerprint density at radius 1 is 1.11 bits per heavy atom. The minimum absolute atomic E-state index is 0.341. The first kappa shape index (κ1) is 14.4. The first-order valence-electron chi connectivity index (χ1n) is 5.62. The van der Waals surface area contributed by atoms with Crippen LogP contribution in [0.5, 0.6) is 0 Å². The van der Waals surface area contributed by atoms with Gasteiger partial charge in [-0.05, 0) is 47.9 Å². The lowest BCUT2D eigenvalue weighted by Crippen LogP contribution is -2.14. The molecular formula is C14H11BrClF2N. The Kier molecular flexibility index (Phi) is 4.55. The van der Waals surface area contributed by atoms with E-state index in [1.165, 1.54) is 30.3 Å². The van der Waals surface area contributed by atoms with Crippen LogP contribution in [0.25, 0.3) is 0 Å². The Hall–Kier alpha value is -0.970.